The molecular weight excluding hydrogens is 263 g/mol. The van der Waals surface area contributed by atoms with E-state index in [-0.39, 0.29) is 16.6 Å². The number of aliphatic hydroxyl groups is 2. The Kier molecular flexibility index (Phi) is 3.51. The molecule has 0 radical (unpaired) electrons. The molecule has 1 fully saturated rings. The largest absolute Gasteiger partial charge is 0.394 e. The standard InChI is InChI=1S/C6H11IO4/c1-10-6-5(9)4(7)3(2-8)11-6/h3-6,8-9H,2H2,1H3. The van der Waals surface area contributed by atoms with Crippen LogP contribution in [0.2, 0.25) is 0 Å². The third kappa shape index (κ3) is 1.83. The number of rotatable bonds is 2. The van der Waals surface area contributed by atoms with Crippen molar-refractivity contribution in [3.05, 3.63) is 0 Å². The van der Waals surface area contributed by atoms with Gasteiger partial charge in [0.15, 0.2) is 6.29 Å². The lowest BCUT2D eigenvalue weighted by Gasteiger charge is -2.11. The zero-order valence-electron chi connectivity index (χ0n) is 6.11. The molecule has 1 aliphatic rings. The summed E-state index contributed by atoms with van der Waals surface area (Å²) in [7, 11) is 1.47. The minimum absolute atomic E-state index is 0.0788. The molecule has 2 N–H and O–H groups in total. The van der Waals surface area contributed by atoms with Crippen LogP contribution in [0.25, 0.3) is 0 Å². The van der Waals surface area contributed by atoms with Gasteiger partial charge in [-0.1, -0.05) is 22.6 Å². The van der Waals surface area contributed by atoms with Crippen LogP contribution in [0.1, 0.15) is 0 Å². The van der Waals surface area contributed by atoms with Crippen LogP contribution in [0, 0.1) is 0 Å². The average molecular weight is 274 g/mol. The molecule has 0 spiro atoms. The Morgan fingerprint density at radius 1 is 1.64 bits per heavy atom. The summed E-state index contributed by atoms with van der Waals surface area (Å²) in [6, 6.07) is 0. The van der Waals surface area contributed by atoms with Crippen molar-refractivity contribution >= 4 is 22.6 Å². The highest BCUT2D eigenvalue weighted by molar-refractivity contribution is 14.1. The molecular formula is C6H11IO4. The second-order valence-corrected chi connectivity index (χ2v) is 3.83. The molecule has 66 valence electrons. The molecule has 0 aromatic carbocycles. The van der Waals surface area contributed by atoms with Crippen LogP contribution in [-0.4, -0.2) is 46.4 Å². The van der Waals surface area contributed by atoms with Gasteiger partial charge >= 0.3 is 0 Å². The number of hydrogen-bond donors (Lipinski definition) is 2. The molecule has 1 aliphatic heterocycles. The Morgan fingerprint density at radius 3 is 2.55 bits per heavy atom. The quantitative estimate of drug-likeness (QED) is 0.527. The Bertz CT molecular complexity index is 114. The number of aliphatic hydroxyl groups excluding tert-OH is 2. The first-order valence-corrected chi connectivity index (χ1v) is 4.56. The van der Waals surface area contributed by atoms with Crippen molar-refractivity contribution in [3.8, 4) is 0 Å². The Hall–Kier alpha value is 0.570. The minimum atomic E-state index is -0.641. The van der Waals surface area contributed by atoms with Gasteiger partial charge in [-0.3, -0.25) is 0 Å². The third-order valence-electron chi connectivity index (χ3n) is 1.68. The van der Waals surface area contributed by atoms with Crippen molar-refractivity contribution in [2.75, 3.05) is 13.7 Å². The first kappa shape index (κ1) is 9.66. The molecule has 1 rings (SSSR count). The molecule has 0 aliphatic carbocycles. The van der Waals surface area contributed by atoms with Crippen LogP contribution in [-0.2, 0) is 9.47 Å². The average Bonchev–Trinajstić information content (AvgIpc) is 2.30. The Labute approximate surface area is 78.6 Å². The summed E-state index contributed by atoms with van der Waals surface area (Å²) < 4.78 is 9.90. The summed E-state index contributed by atoms with van der Waals surface area (Å²) in [5.74, 6) is 0. The fraction of sp³-hybridized carbons (Fsp3) is 1.00. The summed E-state index contributed by atoms with van der Waals surface area (Å²) >= 11 is 2.04. The number of hydrogen-bond acceptors (Lipinski definition) is 4. The molecule has 0 saturated carbocycles. The predicted molar refractivity (Wildman–Crippen MR) is 46.6 cm³/mol. The summed E-state index contributed by atoms with van der Waals surface area (Å²) in [6.45, 7) is -0.0788. The van der Waals surface area contributed by atoms with Crippen molar-refractivity contribution in [3.63, 3.8) is 0 Å². The second kappa shape index (κ2) is 3.99. The van der Waals surface area contributed by atoms with Crippen molar-refractivity contribution in [1.82, 2.24) is 0 Å². The Balaban J connectivity index is 2.53. The van der Waals surface area contributed by atoms with Gasteiger partial charge in [-0.2, -0.15) is 0 Å². The molecule has 0 aromatic rings. The lowest BCUT2D eigenvalue weighted by molar-refractivity contribution is -0.153. The zero-order chi connectivity index (χ0) is 8.43. The van der Waals surface area contributed by atoms with Crippen LogP contribution >= 0.6 is 22.6 Å². The molecule has 4 atom stereocenters. The molecule has 1 saturated heterocycles. The maximum atomic E-state index is 9.39. The number of ether oxygens (including phenoxy) is 2. The van der Waals surface area contributed by atoms with Crippen LogP contribution in [0.3, 0.4) is 0 Å². The molecule has 4 nitrogen and oxygen atoms in total. The van der Waals surface area contributed by atoms with E-state index in [9.17, 15) is 5.11 Å². The zero-order valence-corrected chi connectivity index (χ0v) is 8.26. The SMILES string of the molecule is COC1OC(CO)C(I)C1O. The van der Waals surface area contributed by atoms with Gasteiger partial charge < -0.3 is 19.7 Å². The number of halogens is 1. The fourth-order valence-corrected chi connectivity index (χ4v) is 1.77. The van der Waals surface area contributed by atoms with E-state index >= 15 is 0 Å². The van der Waals surface area contributed by atoms with E-state index in [1.165, 1.54) is 7.11 Å². The van der Waals surface area contributed by atoms with Crippen LogP contribution in [0.5, 0.6) is 0 Å². The van der Waals surface area contributed by atoms with Gasteiger partial charge in [-0.05, 0) is 0 Å². The van der Waals surface area contributed by atoms with Crippen molar-refractivity contribution < 1.29 is 19.7 Å². The maximum Gasteiger partial charge on any atom is 0.184 e. The van der Waals surface area contributed by atoms with Gasteiger partial charge in [-0.15, -0.1) is 0 Å². The van der Waals surface area contributed by atoms with Crippen LogP contribution in [0.15, 0.2) is 0 Å². The van der Waals surface area contributed by atoms with E-state index in [4.69, 9.17) is 14.6 Å². The lowest BCUT2D eigenvalue weighted by Crippen LogP contribution is -2.29. The summed E-state index contributed by atoms with van der Waals surface area (Å²) in [6.07, 6.45) is -1.54. The summed E-state index contributed by atoms with van der Waals surface area (Å²) in [5.41, 5.74) is 0. The van der Waals surface area contributed by atoms with Crippen LogP contribution < -0.4 is 0 Å². The van der Waals surface area contributed by atoms with Gasteiger partial charge in [0.2, 0.25) is 0 Å². The van der Waals surface area contributed by atoms with Gasteiger partial charge in [0, 0.05) is 7.11 Å². The highest BCUT2D eigenvalue weighted by atomic mass is 127. The Morgan fingerprint density at radius 2 is 2.27 bits per heavy atom. The maximum absolute atomic E-state index is 9.39. The summed E-state index contributed by atoms with van der Waals surface area (Å²) in [4.78, 5) is 0. The molecule has 0 bridgehead atoms. The van der Waals surface area contributed by atoms with Gasteiger partial charge in [0.25, 0.3) is 0 Å². The first-order valence-electron chi connectivity index (χ1n) is 3.32. The van der Waals surface area contributed by atoms with E-state index in [0.29, 0.717) is 0 Å². The molecule has 0 aromatic heterocycles. The van der Waals surface area contributed by atoms with Gasteiger partial charge in [0.05, 0.1) is 16.6 Å². The summed E-state index contributed by atoms with van der Waals surface area (Å²) in [5, 5.41) is 18.2. The van der Waals surface area contributed by atoms with Crippen molar-refractivity contribution in [1.29, 1.82) is 0 Å². The normalized spacial score (nSPS) is 44.7. The van der Waals surface area contributed by atoms with E-state index in [1.807, 2.05) is 22.6 Å². The van der Waals surface area contributed by atoms with Gasteiger partial charge in [0.1, 0.15) is 6.10 Å². The number of methoxy groups -OCH3 is 1. The van der Waals surface area contributed by atoms with E-state index < -0.39 is 12.4 Å². The molecule has 4 unspecified atom stereocenters. The van der Waals surface area contributed by atoms with Crippen molar-refractivity contribution in [2.45, 2.75) is 22.4 Å². The lowest BCUT2D eigenvalue weighted by atomic mass is 10.2. The second-order valence-electron chi connectivity index (χ2n) is 2.40. The van der Waals surface area contributed by atoms with Gasteiger partial charge in [-0.25, -0.2) is 0 Å². The monoisotopic (exact) mass is 274 g/mol. The third-order valence-corrected chi connectivity index (χ3v) is 3.22. The molecule has 0 amide bonds. The van der Waals surface area contributed by atoms with E-state index in [2.05, 4.69) is 0 Å². The fourth-order valence-electron chi connectivity index (χ4n) is 1.04. The number of alkyl halides is 1. The predicted octanol–water partition coefficient (Wildman–Crippen LogP) is -0.486. The first-order chi connectivity index (χ1) is 5.20. The molecule has 5 heteroatoms. The van der Waals surface area contributed by atoms with E-state index in [0.717, 1.165) is 0 Å². The smallest absolute Gasteiger partial charge is 0.184 e. The minimum Gasteiger partial charge on any atom is -0.394 e. The molecule has 1 heterocycles. The van der Waals surface area contributed by atoms with Crippen LogP contribution in [0.4, 0.5) is 0 Å². The highest BCUT2D eigenvalue weighted by Gasteiger charge is 2.41. The molecule has 11 heavy (non-hydrogen) atoms. The topological polar surface area (TPSA) is 58.9 Å². The van der Waals surface area contributed by atoms with E-state index in [1.54, 1.807) is 0 Å². The van der Waals surface area contributed by atoms with Crippen molar-refractivity contribution in [2.24, 2.45) is 0 Å². The highest BCUT2D eigenvalue weighted by Crippen LogP contribution is 2.27.